The number of azo groups is 1. The van der Waals surface area contributed by atoms with Crippen LogP contribution in [0.3, 0.4) is 0 Å². The Hall–Kier alpha value is -3.61. The molecule has 0 bridgehead atoms. The zero-order valence-corrected chi connectivity index (χ0v) is 13.3. The van der Waals surface area contributed by atoms with Gasteiger partial charge in [-0.1, -0.05) is 12.1 Å². The van der Waals surface area contributed by atoms with Gasteiger partial charge in [-0.15, -0.1) is 5.11 Å². The van der Waals surface area contributed by atoms with Crippen LogP contribution in [-0.4, -0.2) is 10.8 Å². The SMILES string of the molecule is CC1=Nc2ccc(N=Nc3ccc([N+](=O)[O-])cc3)c3cccc(c23)N1. The second kappa shape index (κ2) is 5.79. The number of non-ortho nitro benzene ring substituents is 1. The van der Waals surface area contributed by atoms with E-state index in [0.29, 0.717) is 5.69 Å². The van der Waals surface area contributed by atoms with Crippen molar-refractivity contribution in [2.75, 3.05) is 5.32 Å². The Kier molecular flexibility index (Phi) is 3.46. The standard InChI is InChI=1S/C18H13N5O2/c1-11-19-16-4-2-3-14-15(9-10-17(20-11)18(14)16)22-21-12-5-7-13(8-6-12)23(24)25/h2-10H,1H3,(H,19,20). The van der Waals surface area contributed by atoms with Crippen LogP contribution in [0.1, 0.15) is 6.92 Å². The number of hydrogen-bond acceptors (Lipinski definition) is 6. The summed E-state index contributed by atoms with van der Waals surface area (Å²) in [7, 11) is 0. The van der Waals surface area contributed by atoms with Gasteiger partial charge in [0.1, 0.15) is 5.84 Å². The second-order valence-corrected chi connectivity index (χ2v) is 5.63. The molecule has 0 aliphatic carbocycles. The molecule has 0 radical (unpaired) electrons. The average molecular weight is 331 g/mol. The van der Waals surface area contributed by atoms with Crippen molar-refractivity contribution in [3.05, 3.63) is 64.7 Å². The molecule has 0 atom stereocenters. The minimum atomic E-state index is -0.442. The quantitative estimate of drug-likeness (QED) is 0.382. The molecule has 4 rings (SSSR count). The van der Waals surface area contributed by atoms with Crippen molar-refractivity contribution >= 4 is 45.0 Å². The summed E-state index contributed by atoms with van der Waals surface area (Å²) in [6, 6.07) is 15.7. The van der Waals surface area contributed by atoms with E-state index in [2.05, 4.69) is 20.5 Å². The van der Waals surface area contributed by atoms with E-state index in [1.54, 1.807) is 12.1 Å². The zero-order chi connectivity index (χ0) is 17.4. The lowest BCUT2D eigenvalue weighted by Gasteiger charge is -2.17. The molecule has 0 fully saturated rings. The molecule has 1 heterocycles. The number of amidine groups is 1. The molecule has 3 aromatic rings. The third-order valence-electron chi connectivity index (χ3n) is 3.93. The first-order valence-electron chi connectivity index (χ1n) is 7.66. The number of rotatable bonds is 3. The second-order valence-electron chi connectivity index (χ2n) is 5.63. The van der Waals surface area contributed by atoms with Gasteiger partial charge in [-0.2, -0.15) is 5.11 Å². The van der Waals surface area contributed by atoms with Gasteiger partial charge in [0.15, 0.2) is 0 Å². The average Bonchev–Trinajstić information content (AvgIpc) is 2.61. The summed E-state index contributed by atoms with van der Waals surface area (Å²) in [4.78, 5) is 14.8. The number of hydrogen-bond donors (Lipinski definition) is 1. The minimum Gasteiger partial charge on any atom is -0.343 e. The molecular formula is C18H13N5O2. The normalized spacial score (nSPS) is 12.9. The number of nitro groups is 1. The van der Waals surface area contributed by atoms with Crippen LogP contribution in [0, 0.1) is 10.1 Å². The van der Waals surface area contributed by atoms with Gasteiger partial charge in [0.05, 0.1) is 22.0 Å². The molecule has 0 amide bonds. The van der Waals surface area contributed by atoms with Crippen LogP contribution in [0.5, 0.6) is 0 Å². The lowest BCUT2D eigenvalue weighted by molar-refractivity contribution is -0.384. The molecule has 0 spiro atoms. The molecule has 1 aliphatic heterocycles. The largest absolute Gasteiger partial charge is 0.343 e. The maximum absolute atomic E-state index is 10.7. The van der Waals surface area contributed by atoms with Gasteiger partial charge < -0.3 is 5.32 Å². The van der Waals surface area contributed by atoms with Crippen molar-refractivity contribution in [2.24, 2.45) is 15.2 Å². The van der Waals surface area contributed by atoms with E-state index in [1.807, 2.05) is 37.3 Å². The molecule has 0 saturated heterocycles. The van der Waals surface area contributed by atoms with Crippen LogP contribution < -0.4 is 5.32 Å². The van der Waals surface area contributed by atoms with E-state index in [9.17, 15) is 10.1 Å². The first-order chi connectivity index (χ1) is 12.1. The number of aliphatic imine (C=N–C) groups is 1. The van der Waals surface area contributed by atoms with Crippen LogP contribution in [-0.2, 0) is 0 Å². The first kappa shape index (κ1) is 14.9. The third-order valence-corrected chi connectivity index (χ3v) is 3.93. The predicted octanol–water partition coefficient (Wildman–Crippen LogP) is 5.64. The van der Waals surface area contributed by atoms with Crippen molar-refractivity contribution < 1.29 is 4.92 Å². The molecule has 1 aliphatic rings. The highest BCUT2D eigenvalue weighted by Gasteiger charge is 2.14. The van der Waals surface area contributed by atoms with Gasteiger partial charge in [0, 0.05) is 28.6 Å². The fourth-order valence-corrected chi connectivity index (χ4v) is 2.81. The highest BCUT2D eigenvalue weighted by molar-refractivity contribution is 6.15. The molecule has 3 aromatic carbocycles. The number of anilines is 1. The lowest BCUT2D eigenvalue weighted by Crippen LogP contribution is -2.10. The number of nitro benzene ring substituents is 1. The summed E-state index contributed by atoms with van der Waals surface area (Å²) < 4.78 is 0. The van der Waals surface area contributed by atoms with E-state index < -0.39 is 4.92 Å². The van der Waals surface area contributed by atoms with Crippen LogP contribution in [0.25, 0.3) is 10.8 Å². The number of nitrogens with one attached hydrogen (secondary N) is 1. The maximum Gasteiger partial charge on any atom is 0.269 e. The Morgan fingerprint density at radius 2 is 1.84 bits per heavy atom. The van der Waals surface area contributed by atoms with Crippen molar-refractivity contribution in [1.82, 2.24) is 0 Å². The molecule has 7 heteroatoms. The minimum absolute atomic E-state index is 0.0276. The Balaban J connectivity index is 1.75. The zero-order valence-electron chi connectivity index (χ0n) is 13.3. The fourth-order valence-electron chi connectivity index (χ4n) is 2.81. The summed E-state index contributed by atoms with van der Waals surface area (Å²) in [5, 5.41) is 24.4. The van der Waals surface area contributed by atoms with E-state index in [4.69, 9.17) is 0 Å². The van der Waals surface area contributed by atoms with Gasteiger partial charge >= 0.3 is 0 Å². The molecular weight excluding hydrogens is 318 g/mol. The van der Waals surface area contributed by atoms with Crippen molar-refractivity contribution in [3.63, 3.8) is 0 Å². The Morgan fingerprint density at radius 3 is 2.60 bits per heavy atom. The lowest BCUT2D eigenvalue weighted by atomic mass is 10.0. The van der Waals surface area contributed by atoms with Gasteiger partial charge in [0.2, 0.25) is 0 Å². The summed E-state index contributed by atoms with van der Waals surface area (Å²) in [6.45, 7) is 1.92. The first-order valence-corrected chi connectivity index (χ1v) is 7.66. The number of benzene rings is 3. The third kappa shape index (κ3) is 2.72. The number of nitrogens with zero attached hydrogens (tertiary/aromatic N) is 4. The molecule has 7 nitrogen and oxygen atoms in total. The van der Waals surface area contributed by atoms with Gasteiger partial charge in [-0.25, -0.2) is 4.99 Å². The van der Waals surface area contributed by atoms with Crippen LogP contribution in [0.2, 0.25) is 0 Å². The Labute approximate surface area is 142 Å². The molecule has 1 N–H and O–H groups in total. The predicted molar refractivity (Wildman–Crippen MR) is 97.6 cm³/mol. The molecule has 0 saturated carbocycles. The molecule has 25 heavy (non-hydrogen) atoms. The van der Waals surface area contributed by atoms with Crippen molar-refractivity contribution in [2.45, 2.75) is 6.92 Å². The van der Waals surface area contributed by atoms with Gasteiger partial charge in [0.25, 0.3) is 5.69 Å². The summed E-state index contributed by atoms with van der Waals surface area (Å²) >= 11 is 0. The van der Waals surface area contributed by atoms with Crippen molar-refractivity contribution in [1.29, 1.82) is 0 Å². The Morgan fingerprint density at radius 1 is 1.04 bits per heavy atom. The van der Waals surface area contributed by atoms with Crippen LogP contribution in [0.4, 0.5) is 28.4 Å². The highest BCUT2D eigenvalue weighted by Crippen LogP contribution is 2.40. The van der Waals surface area contributed by atoms with Crippen LogP contribution >= 0.6 is 0 Å². The monoisotopic (exact) mass is 331 g/mol. The van der Waals surface area contributed by atoms with E-state index in [1.165, 1.54) is 12.1 Å². The van der Waals surface area contributed by atoms with E-state index >= 15 is 0 Å². The van der Waals surface area contributed by atoms with Gasteiger partial charge in [-0.3, -0.25) is 10.1 Å². The molecule has 0 aromatic heterocycles. The van der Waals surface area contributed by atoms with E-state index in [0.717, 1.165) is 33.7 Å². The van der Waals surface area contributed by atoms with Gasteiger partial charge in [-0.05, 0) is 37.3 Å². The van der Waals surface area contributed by atoms with E-state index in [-0.39, 0.29) is 5.69 Å². The van der Waals surface area contributed by atoms with Crippen LogP contribution in [0.15, 0.2) is 69.8 Å². The topological polar surface area (TPSA) is 92.2 Å². The fraction of sp³-hybridized carbons (Fsp3) is 0.0556. The molecule has 122 valence electrons. The smallest absolute Gasteiger partial charge is 0.269 e. The Bertz CT molecular complexity index is 1050. The summed E-state index contributed by atoms with van der Waals surface area (Å²) in [6.07, 6.45) is 0. The molecule has 0 unspecified atom stereocenters. The van der Waals surface area contributed by atoms with Crippen molar-refractivity contribution in [3.8, 4) is 0 Å². The summed E-state index contributed by atoms with van der Waals surface area (Å²) in [5.41, 5.74) is 3.19. The maximum atomic E-state index is 10.7. The highest BCUT2D eigenvalue weighted by atomic mass is 16.6. The summed E-state index contributed by atoms with van der Waals surface area (Å²) in [5.74, 6) is 0.847.